The Kier molecular flexibility index (Phi) is 4.02. The molecule has 0 spiro atoms. The molecule has 0 aliphatic rings. The average molecular weight is 365 g/mol. The minimum atomic E-state index is -0.406. The Morgan fingerprint density at radius 2 is 1.85 bits per heavy atom. The average Bonchev–Trinajstić information content (AvgIpc) is 3.38. The molecule has 4 rings (SSSR count). The van der Waals surface area contributed by atoms with Crippen molar-refractivity contribution in [1.82, 2.24) is 25.6 Å². The zero-order valence-corrected chi connectivity index (χ0v) is 14.6. The molecule has 0 atom stereocenters. The molecule has 8 heteroatoms. The second-order valence-corrected chi connectivity index (χ2v) is 6.68. The van der Waals surface area contributed by atoms with E-state index in [9.17, 15) is 9.59 Å². The standard InChI is InChI=1S/C18H15N5O2S/c1-11-13-10-15(17(25)21-20-16(24)14-8-5-9-19-14)26-18(13)23(22-11)12-6-3-2-4-7-12/h2-10,19H,1H3,(H,20,24)(H,21,25). The molecule has 3 heterocycles. The first kappa shape index (κ1) is 16.1. The summed E-state index contributed by atoms with van der Waals surface area (Å²) in [5.74, 6) is -0.777. The van der Waals surface area contributed by atoms with Crippen LogP contribution in [0.4, 0.5) is 0 Å². The summed E-state index contributed by atoms with van der Waals surface area (Å²) in [5, 5.41) is 5.47. The molecule has 0 aliphatic heterocycles. The van der Waals surface area contributed by atoms with E-state index in [4.69, 9.17) is 0 Å². The molecule has 7 nitrogen and oxygen atoms in total. The predicted molar refractivity (Wildman–Crippen MR) is 99.4 cm³/mol. The number of hydrazine groups is 1. The lowest BCUT2D eigenvalue weighted by atomic mass is 10.3. The van der Waals surface area contributed by atoms with Crippen molar-refractivity contribution in [2.24, 2.45) is 0 Å². The van der Waals surface area contributed by atoms with Crippen LogP contribution in [0.25, 0.3) is 15.9 Å². The van der Waals surface area contributed by atoms with Gasteiger partial charge in [0.2, 0.25) is 0 Å². The maximum Gasteiger partial charge on any atom is 0.286 e. The van der Waals surface area contributed by atoms with Gasteiger partial charge in [-0.1, -0.05) is 18.2 Å². The quantitative estimate of drug-likeness (QED) is 0.488. The van der Waals surface area contributed by atoms with Crippen LogP contribution in [0.2, 0.25) is 0 Å². The molecule has 2 amide bonds. The molecule has 0 radical (unpaired) electrons. The van der Waals surface area contributed by atoms with E-state index in [0.717, 1.165) is 21.6 Å². The van der Waals surface area contributed by atoms with Crippen LogP contribution in [0.5, 0.6) is 0 Å². The predicted octanol–water partition coefficient (Wildman–Crippen LogP) is 2.80. The fourth-order valence-corrected chi connectivity index (χ4v) is 3.70. The highest BCUT2D eigenvalue weighted by atomic mass is 32.1. The van der Waals surface area contributed by atoms with Crippen molar-refractivity contribution >= 4 is 33.4 Å². The Bertz CT molecular complexity index is 1080. The highest BCUT2D eigenvalue weighted by Gasteiger charge is 2.17. The summed E-state index contributed by atoms with van der Waals surface area (Å²) in [4.78, 5) is 28.4. The molecule has 0 unspecified atom stereocenters. The van der Waals surface area contributed by atoms with Crippen LogP contribution >= 0.6 is 11.3 Å². The van der Waals surface area contributed by atoms with Crippen LogP contribution in [0.3, 0.4) is 0 Å². The van der Waals surface area contributed by atoms with Crippen molar-refractivity contribution in [3.63, 3.8) is 0 Å². The number of carbonyl (C=O) groups is 2. The second-order valence-electron chi connectivity index (χ2n) is 5.65. The number of amides is 2. The summed E-state index contributed by atoms with van der Waals surface area (Å²) in [5.41, 5.74) is 6.98. The van der Waals surface area contributed by atoms with Gasteiger partial charge in [-0.15, -0.1) is 11.3 Å². The number of fused-ring (bicyclic) bond motifs is 1. The van der Waals surface area contributed by atoms with Crippen molar-refractivity contribution in [2.45, 2.75) is 6.92 Å². The third-order valence-electron chi connectivity index (χ3n) is 3.90. The van der Waals surface area contributed by atoms with Crippen molar-refractivity contribution in [2.75, 3.05) is 0 Å². The lowest BCUT2D eigenvalue weighted by molar-refractivity contribution is 0.0846. The second kappa shape index (κ2) is 6.49. The largest absolute Gasteiger partial charge is 0.357 e. The van der Waals surface area contributed by atoms with Gasteiger partial charge >= 0.3 is 0 Å². The minimum Gasteiger partial charge on any atom is -0.357 e. The van der Waals surface area contributed by atoms with Gasteiger partial charge in [-0.05, 0) is 37.3 Å². The summed E-state index contributed by atoms with van der Waals surface area (Å²) in [7, 11) is 0. The van der Waals surface area contributed by atoms with E-state index in [1.807, 2.05) is 41.9 Å². The van der Waals surface area contributed by atoms with Gasteiger partial charge in [0, 0.05) is 11.6 Å². The number of hydrogen-bond donors (Lipinski definition) is 3. The summed E-state index contributed by atoms with van der Waals surface area (Å²) < 4.78 is 1.82. The Morgan fingerprint density at radius 3 is 2.58 bits per heavy atom. The molecule has 1 aromatic carbocycles. The first-order valence-electron chi connectivity index (χ1n) is 7.92. The number of rotatable bonds is 3. The number of H-pyrrole nitrogens is 1. The fourth-order valence-electron chi connectivity index (χ4n) is 2.62. The normalized spacial score (nSPS) is 10.8. The first-order chi connectivity index (χ1) is 12.6. The molecular weight excluding hydrogens is 350 g/mol. The van der Waals surface area contributed by atoms with Crippen molar-refractivity contribution in [3.05, 3.63) is 71.0 Å². The third kappa shape index (κ3) is 2.86. The maximum absolute atomic E-state index is 12.4. The molecule has 0 aliphatic carbocycles. The van der Waals surface area contributed by atoms with Crippen molar-refractivity contribution in [1.29, 1.82) is 0 Å². The van der Waals surface area contributed by atoms with Gasteiger partial charge in [0.05, 0.1) is 16.3 Å². The van der Waals surface area contributed by atoms with Gasteiger partial charge in [0.1, 0.15) is 10.5 Å². The number of thiophene rings is 1. The van der Waals surface area contributed by atoms with Gasteiger partial charge < -0.3 is 4.98 Å². The lowest BCUT2D eigenvalue weighted by Gasteiger charge is -2.05. The summed E-state index contributed by atoms with van der Waals surface area (Å²) in [6, 6.07) is 14.9. The number of benzene rings is 1. The van der Waals surface area contributed by atoms with Crippen LogP contribution in [-0.4, -0.2) is 26.6 Å². The highest BCUT2D eigenvalue weighted by molar-refractivity contribution is 7.20. The fraction of sp³-hybridized carbons (Fsp3) is 0.0556. The topological polar surface area (TPSA) is 91.8 Å². The molecule has 3 aromatic heterocycles. The number of nitrogens with zero attached hydrogens (tertiary/aromatic N) is 2. The Labute approximate surface area is 152 Å². The zero-order chi connectivity index (χ0) is 18.1. The molecule has 130 valence electrons. The highest BCUT2D eigenvalue weighted by Crippen LogP contribution is 2.30. The van der Waals surface area contributed by atoms with Gasteiger partial charge in [0.25, 0.3) is 11.8 Å². The molecule has 0 saturated carbocycles. The third-order valence-corrected chi connectivity index (χ3v) is 5.01. The number of aromatic amines is 1. The molecule has 4 aromatic rings. The number of para-hydroxylation sites is 1. The maximum atomic E-state index is 12.4. The Balaban J connectivity index is 1.57. The lowest BCUT2D eigenvalue weighted by Crippen LogP contribution is -2.41. The Hall–Kier alpha value is -3.39. The van der Waals surface area contributed by atoms with Crippen LogP contribution in [0, 0.1) is 6.92 Å². The van der Waals surface area contributed by atoms with E-state index in [-0.39, 0.29) is 5.91 Å². The number of nitrogens with one attached hydrogen (secondary N) is 3. The van der Waals surface area contributed by atoms with E-state index in [0.29, 0.717) is 10.6 Å². The molecule has 26 heavy (non-hydrogen) atoms. The van der Waals surface area contributed by atoms with E-state index in [2.05, 4.69) is 20.9 Å². The molecule has 0 fully saturated rings. The van der Waals surface area contributed by atoms with Gasteiger partial charge in [-0.25, -0.2) is 4.68 Å². The first-order valence-corrected chi connectivity index (χ1v) is 8.74. The number of hydrogen-bond acceptors (Lipinski definition) is 4. The number of carbonyl (C=O) groups excluding carboxylic acids is 2. The Morgan fingerprint density at radius 1 is 1.08 bits per heavy atom. The van der Waals surface area contributed by atoms with Crippen LogP contribution in [0.1, 0.15) is 25.9 Å². The van der Waals surface area contributed by atoms with Crippen molar-refractivity contribution < 1.29 is 9.59 Å². The van der Waals surface area contributed by atoms with Crippen LogP contribution < -0.4 is 10.9 Å². The smallest absolute Gasteiger partial charge is 0.286 e. The molecular formula is C18H15N5O2S. The molecule has 3 N–H and O–H groups in total. The summed E-state index contributed by atoms with van der Waals surface area (Å²) >= 11 is 1.33. The minimum absolute atomic E-state index is 0.370. The van der Waals surface area contributed by atoms with Gasteiger partial charge in [0.15, 0.2) is 0 Å². The zero-order valence-electron chi connectivity index (χ0n) is 13.8. The number of aryl methyl sites for hydroxylation is 1. The number of aromatic nitrogens is 3. The molecule has 0 saturated heterocycles. The van der Waals surface area contributed by atoms with E-state index in [1.54, 1.807) is 24.4 Å². The van der Waals surface area contributed by atoms with E-state index < -0.39 is 5.91 Å². The van der Waals surface area contributed by atoms with Crippen LogP contribution in [0.15, 0.2) is 54.7 Å². The monoisotopic (exact) mass is 365 g/mol. The van der Waals surface area contributed by atoms with E-state index in [1.165, 1.54) is 11.3 Å². The summed E-state index contributed by atoms with van der Waals surface area (Å²) in [6.45, 7) is 1.91. The summed E-state index contributed by atoms with van der Waals surface area (Å²) in [6.07, 6.45) is 1.64. The van der Waals surface area contributed by atoms with Crippen LogP contribution in [-0.2, 0) is 0 Å². The van der Waals surface area contributed by atoms with E-state index >= 15 is 0 Å². The molecule has 0 bridgehead atoms. The van der Waals surface area contributed by atoms with Gasteiger partial charge in [-0.2, -0.15) is 5.10 Å². The SMILES string of the molecule is Cc1nn(-c2ccccc2)c2sc(C(=O)NNC(=O)c3ccc[nH]3)cc12. The van der Waals surface area contributed by atoms with Gasteiger partial charge in [-0.3, -0.25) is 20.4 Å². The van der Waals surface area contributed by atoms with Crippen molar-refractivity contribution in [3.8, 4) is 5.69 Å².